The van der Waals surface area contributed by atoms with E-state index in [4.69, 9.17) is 16.3 Å². The molecule has 3 rings (SSSR count). The smallest absolute Gasteiger partial charge is 0.425 e. The topological polar surface area (TPSA) is 76.1 Å². The first kappa shape index (κ1) is 22.9. The van der Waals surface area contributed by atoms with Crippen LogP contribution in [0.5, 0.6) is 5.75 Å². The molecule has 0 aliphatic heterocycles. The Kier molecular flexibility index (Phi) is 6.19. The van der Waals surface area contributed by atoms with Gasteiger partial charge in [-0.15, -0.1) is 0 Å². The van der Waals surface area contributed by atoms with Crippen LogP contribution in [0.4, 0.5) is 34.8 Å². The molecule has 2 aromatic carbocycles. The molecule has 0 amide bonds. The number of nitrogens with zero attached hydrogens (tertiary/aromatic N) is 2. The third-order valence-corrected chi connectivity index (χ3v) is 4.95. The van der Waals surface area contributed by atoms with Gasteiger partial charge in [-0.2, -0.15) is 13.2 Å². The van der Waals surface area contributed by atoms with Crippen molar-refractivity contribution in [1.82, 2.24) is 9.97 Å². The van der Waals surface area contributed by atoms with Gasteiger partial charge >= 0.3 is 6.18 Å². The zero-order valence-electron chi connectivity index (χ0n) is 16.3. The van der Waals surface area contributed by atoms with Crippen molar-refractivity contribution in [2.75, 3.05) is 16.3 Å². The Bertz CT molecular complexity index is 1240. The van der Waals surface area contributed by atoms with Gasteiger partial charge in [0.2, 0.25) is 0 Å². The second-order valence-electron chi connectivity index (χ2n) is 6.75. The third kappa shape index (κ3) is 5.67. The number of hydrogen-bond acceptors (Lipinski definition) is 5. The maximum Gasteiger partial charge on any atom is 0.425 e. The lowest BCUT2D eigenvalue weighted by Crippen LogP contribution is -2.31. The fourth-order valence-electron chi connectivity index (χ4n) is 2.63. The summed E-state index contributed by atoms with van der Waals surface area (Å²) in [5, 5.41) is 3.35. The Morgan fingerprint density at radius 1 is 1.23 bits per heavy atom. The summed E-state index contributed by atoms with van der Waals surface area (Å²) in [6.07, 6.45) is -4.18. The number of hydrogen-bond donors (Lipinski definition) is 2. The SMILES string of the molecule is C=S(C)(=O)Nc1cc(Cl)c2c(Nc3ccc(F)cc3O[C@H](C)C(F)(F)F)ncnc2c1. The quantitative estimate of drug-likeness (QED) is 0.379. The van der Waals surface area contributed by atoms with Crippen LogP contribution in [0.1, 0.15) is 6.92 Å². The number of rotatable bonds is 6. The van der Waals surface area contributed by atoms with Crippen LogP contribution in [0.25, 0.3) is 10.9 Å². The van der Waals surface area contributed by atoms with Crippen molar-refractivity contribution in [2.45, 2.75) is 19.2 Å². The fraction of sp³-hybridized carbons (Fsp3) is 0.211. The zero-order chi connectivity index (χ0) is 23.0. The third-order valence-electron chi connectivity index (χ3n) is 3.99. The number of benzene rings is 2. The van der Waals surface area contributed by atoms with Crippen molar-refractivity contribution in [3.8, 4) is 5.75 Å². The summed E-state index contributed by atoms with van der Waals surface area (Å²) in [6, 6.07) is 6.17. The second kappa shape index (κ2) is 8.39. The molecule has 2 N–H and O–H groups in total. The molecule has 0 spiro atoms. The minimum Gasteiger partial charge on any atom is -0.479 e. The molecule has 166 valence electrons. The van der Waals surface area contributed by atoms with Crippen LogP contribution in [0.3, 0.4) is 0 Å². The Morgan fingerprint density at radius 3 is 2.58 bits per heavy atom. The minimum atomic E-state index is -4.63. The van der Waals surface area contributed by atoms with Crippen molar-refractivity contribution >= 4 is 55.3 Å². The van der Waals surface area contributed by atoms with Crippen LogP contribution in [0, 0.1) is 5.82 Å². The first-order valence-corrected chi connectivity index (χ1v) is 11.2. The van der Waals surface area contributed by atoms with Gasteiger partial charge in [0, 0.05) is 27.7 Å². The largest absolute Gasteiger partial charge is 0.479 e. The number of aromatic nitrogens is 2. The Labute approximate surface area is 180 Å². The summed E-state index contributed by atoms with van der Waals surface area (Å²) in [4.78, 5) is 8.21. The average Bonchev–Trinajstić information content (AvgIpc) is 2.61. The molecule has 0 bridgehead atoms. The van der Waals surface area contributed by atoms with E-state index in [1.54, 1.807) is 6.07 Å². The predicted octanol–water partition coefficient (Wildman–Crippen LogP) is 5.17. The molecule has 12 heteroatoms. The molecule has 0 fully saturated rings. The molecule has 1 aromatic heterocycles. The predicted molar refractivity (Wildman–Crippen MR) is 115 cm³/mol. The van der Waals surface area contributed by atoms with E-state index in [1.165, 1.54) is 24.7 Å². The standard InChI is InChI=1S/C19H17ClF4N4O2S/c1-10(19(22,23)24)30-16-6-11(21)4-5-14(16)27-18-17-13(20)7-12(28-31(2,3)29)8-15(17)25-9-26-18/h4-10H,2H2,1,3H3,(H,28,29)(H,25,26,27)/t10-,31?/m1/s1. The van der Waals surface area contributed by atoms with Gasteiger partial charge in [-0.25, -0.2) is 18.6 Å². The molecule has 0 saturated heterocycles. The van der Waals surface area contributed by atoms with Gasteiger partial charge in [0.25, 0.3) is 0 Å². The molecule has 6 nitrogen and oxygen atoms in total. The Balaban J connectivity index is 2.02. The lowest BCUT2D eigenvalue weighted by atomic mass is 10.2. The minimum absolute atomic E-state index is 0.0464. The highest BCUT2D eigenvalue weighted by molar-refractivity contribution is 8.00. The van der Waals surface area contributed by atoms with Gasteiger partial charge in [-0.05, 0) is 37.1 Å². The summed E-state index contributed by atoms with van der Waals surface area (Å²) in [5.74, 6) is 2.54. The summed E-state index contributed by atoms with van der Waals surface area (Å²) < 4.78 is 71.9. The van der Waals surface area contributed by atoms with Crippen LogP contribution in [-0.4, -0.2) is 38.6 Å². The normalized spacial score (nSPS) is 14.7. The summed E-state index contributed by atoms with van der Waals surface area (Å²) in [7, 11) is -2.57. The van der Waals surface area contributed by atoms with Gasteiger partial charge in [-0.3, -0.25) is 0 Å². The van der Waals surface area contributed by atoms with E-state index in [-0.39, 0.29) is 22.3 Å². The highest BCUT2D eigenvalue weighted by atomic mass is 35.5. The van der Waals surface area contributed by atoms with E-state index in [9.17, 15) is 21.8 Å². The summed E-state index contributed by atoms with van der Waals surface area (Å²) in [6.45, 7) is 0.814. The van der Waals surface area contributed by atoms with Crippen molar-refractivity contribution in [2.24, 2.45) is 0 Å². The maximum absolute atomic E-state index is 13.7. The lowest BCUT2D eigenvalue weighted by Gasteiger charge is -2.20. The van der Waals surface area contributed by atoms with E-state index < -0.39 is 27.8 Å². The monoisotopic (exact) mass is 476 g/mol. The molecule has 0 radical (unpaired) electrons. The van der Waals surface area contributed by atoms with E-state index in [1.807, 2.05) is 0 Å². The van der Waals surface area contributed by atoms with E-state index in [0.29, 0.717) is 16.6 Å². The molecule has 0 saturated carbocycles. The molecule has 0 aliphatic carbocycles. The van der Waals surface area contributed by atoms with Crippen molar-refractivity contribution in [3.63, 3.8) is 0 Å². The molecule has 1 unspecified atom stereocenters. The fourth-order valence-corrected chi connectivity index (χ4v) is 3.55. The summed E-state index contributed by atoms with van der Waals surface area (Å²) >= 11 is 6.36. The lowest BCUT2D eigenvalue weighted by molar-refractivity contribution is -0.189. The maximum atomic E-state index is 13.7. The molecular weight excluding hydrogens is 460 g/mol. The van der Waals surface area contributed by atoms with E-state index >= 15 is 0 Å². The van der Waals surface area contributed by atoms with Crippen molar-refractivity contribution in [1.29, 1.82) is 0 Å². The van der Waals surface area contributed by atoms with Gasteiger partial charge in [0.05, 0.1) is 21.6 Å². The van der Waals surface area contributed by atoms with Crippen LogP contribution in [0.2, 0.25) is 5.02 Å². The van der Waals surface area contributed by atoms with E-state index in [0.717, 1.165) is 19.1 Å². The first-order chi connectivity index (χ1) is 14.3. The number of ether oxygens (including phenoxy) is 1. The van der Waals surface area contributed by atoms with Crippen LogP contribution < -0.4 is 14.8 Å². The van der Waals surface area contributed by atoms with Crippen LogP contribution in [-0.2, 0) is 9.71 Å². The Morgan fingerprint density at radius 2 is 1.94 bits per heavy atom. The van der Waals surface area contributed by atoms with E-state index in [2.05, 4.69) is 25.9 Å². The molecule has 0 aliphatic rings. The van der Waals surface area contributed by atoms with Crippen LogP contribution in [0.15, 0.2) is 36.7 Å². The number of anilines is 3. The van der Waals surface area contributed by atoms with Crippen molar-refractivity contribution in [3.05, 3.63) is 47.5 Å². The number of alkyl halides is 3. The highest BCUT2D eigenvalue weighted by Gasteiger charge is 2.38. The Hall–Kier alpha value is -2.79. The number of nitrogens with one attached hydrogen (secondary N) is 2. The zero-order valence-corrected chi connectivity index (χ0v) is 17.8. The highest BCUT2D eigenvalue weighted by Crippen LogP contribution is 2.36. The number of fused-ring (bicyclic) bond motifs is 1. The van der Waals surface area contributed by atoms with Gasteiger partial charge in [0.15, 0.2) is 6.10 Å². The first-order valence-electron chi connectivity index (χ1n) is 8.67. The van der Waals surface area contributed by atoms with Gasteiger partial charge in [-0.1, -0.05) is 11.6 Å². The van der Waals surface area contributed by atoms with Gasteiger partial charge in [0.1, 0.15) is 23.7 Å². The molecule has 1 heterocycles. The second-order valence-corrected chi connectivity index (χ2v) is 9.37. The molecule has 2 atom stereocenters. The summed E-state index contributed by atoms with van der Waals surface area (Å²) in [5.41, 5.74) is 0.823. The molecule has 3 aromatic rings. The molecule has 31 heavy (non-hydrogen) atoms. The van der Waals surface area contributed by atoms with Crippen molar-refractivity contribution < 1.29 is 26.5 Å². The molecular formula is C19H17ClF4N4O2S. The average molecular weight is 477 g/mol. The number of halogens is 5. The van der Waals surface area contributed by atoms with Gasteiger partial charge < -0.3 is 14.8 Å². The van der Waals surface area contributed by atoms with Crippen LogP contribution >= 0.6 is 11.6 Å².